The van der Waals surface area contributed by atoms with E-state index in [0.29, 0.717) is 0 Å². The third-order valence-corrected chi connectivity index (χ3v) is 6.04. The van der Waals surface area contributed by atoms with Gasteiger partial charge in [0.25, 0.3) is 5.91 Å². The maximum atomic E-state index is 13.6. The molecule has 0 bridgehead atoms. The van der Waals surface area contributed by atoms with Crippen LogP contribution in [0.1, 0.15) is 28.4 Å². The highest BCUT2D eigenvalue weighted by molar-refractivity contribution is 6.46. The van der Waals surface area contributed by atoms with Crippen LogP contribution in [-0.2, 0) is 11.2 Å². The molecule has 3 nitrogen and oxygen atoms in total. The summed E-state index contributed by atoms with van der Waals surface area (Å²) < 4.78 is 0. The number of hydrogen-bond acceptors (Lipinski definition) is 1. The molecule has 1 amide bonds. The summed E-state index contributed by atoms with van der Waals surface area (Å²) in [6.07, 6.45) is 2.50. The summed E-state index contributed by atoms with van der Waals surface area (Å²) in [5.41, 5.74) is 6.30. The second kappa shape index (κ2) is 7.51. The molecule has 0 spiro atoms. The number of carbonyl (C=O) groups excluding carboxylic acids is 1. The van der Waals surface area contributed by atoms with Gasteiger partial charge in [-0.1, -0.05) is 78.3 Å². The van der Waals surface area contributed by atoms with Gasteiger partial charge in [0.2, 0.25) is 0 Å². The third kappa shape index (κ3) is 3.12. The molecule has 0 saturated carbocycles. The van der Waals surface area contributed by atoms with Crippen LogP contribution < -0.4 is 4.90 Å². The van der Waals surface area contributed by atoms with Crippen LogP contribution in [0.25, 0.3) is 17.0 Å². The molecule has 1 aromatic heterocycles. The van der Waals surface area contributed by atoms with E-state index in [9.17, 15) is 4.79 Å². The van der Waals surface area contributed by atoms with Gasteiger partial charge in [-0.05, 0) is 42.7 Å². The Balaban J connectivity index is 1.62. The maximum absolute atomic E-state index is 13.6. The first-order valence-electron chi connectivity index (χ1n) is 10.0. The lowest BCUT2D eigenvalue weighted by molar-refractivity contribution is -0.114. The lowest BCUT2D eigenvalue weighted by Crippen LogP contribution is -2.32. The fourth-order valence-electron chi connectivity index (χ4n) is 4.47. The Bertz CT molecular complexity index is 1270. The first-order chi connectivity index (χ1) is 14.6. The number of aromatic nitrogens is 1. The van der Waals surface area contributed by atoms with E-state index in [1.165, 1.54) is 0 Å². The molecule has 0 radical (unpaired) electrons. The molecule has 1 aliphatic rings. The highest BCUT2D eigenvalue weighted by Gasteiger charge is 2.37. The normalized spacial score (nSPS) is 16.1. The van der Waals surface area contributed by atoms with Crippen molar-refractivity contribution >= 4 is 40.2 Å². The number of rotatable bonds is 3. The molecule has 2 heterocycles. The van der Waals surface area contributed by atoms with E-state index in [1.54, 1.807) is 6.08 Å². The van der Waals surface area contributed by atoms with Crippen LogP contribution in [-0.4, -0.2) is 10.9 Å². The average molecular weight is 413 g/mol. The van der Waals surface area contributed by atoms with E-state index >= 15 is 0 Å². The number of carbonyl (C=O) groups is 1. The van der Waals surface area contributed by atoms with Crippen molar-refractivity contribution in [3.63, 3.8) is 0 Å². The zero-order chi connectivity index (χ0) is 20.7. The highest BCUT2D eigenvalue weighted by Crippen LogP contribution is 2.44. The van der Waals surface area contributed by atoms with Crippen LogP contribution in [0.5, 0.6) is 0 Å². The molecule has 4 aromatic rings. The Hall–Kier alpha value is -3.30. The summed E-state index contributed by atoms with van der Waals surface area (Å²) in [6.45, 7) is 2.07. The lowest BCUT2D eigenvalue weighted by Gasteiger charge is -2.26. The van der Waals surface area contributed by atoms with Crippen LogP contribution in [0.3, 0.4) is 0 Å². The van der Waals surface area contributed by atoms with Gasteiger partial charge in [-0.15, -0.1) is 0 Å². The largest absolute Gasteiger partial charge is 0.358 e. The Morgan fingerprint density at radius 2 is 1.70 bits per heavy atom. The third-order valence-electron chi connectivity index (χ3n) is 5.77. The number of aromatic amines is 1. The van der Waals surface area contributed by atoms with Crippen LogP contribution in [0.15, 0.2) is 83.9 Å². The molecule has 3 aromatic carbocycles. The molecule has 1 N–H and O–H groups in total. The Morgan fingerprint density at radius 1 is 1.00 bits per heavy atom. The zero-order valence-corrected chi connectivity index (χ0v) is 17.4. The number of para-hydroxylation sites is 2. The van der Waals surface area contributed by atoms with Crippen molar-refractivity contribution in [3.05, 3.63) is 106 Å². The van der Waals surface area contributed by atoms with E-state index < -0.39 is 0 Å². The average Bonchev–Trinajstić information content (AvgIpc) is 3.30. The lowest BCUT2D eigenvalue weighted by atomic mass is 9.99. The molecule has 30 heavy (non-hydrogen) atoms. The molecule has 4 heteroatoms. The number of aryl methyl sites for hydroxylation is 1. The summed E-state index contributed by atoms with van der Waals surface area (Å²) in [4.78, 5) is 18.9. The number of benzene rings is 3. The minimum absolute atomic E-state index is 0.107. The van der Waals surface area contributed by atoms with Crippen molar-refractivity contribution in [1.82, 2.24) is 4.98 Å². The predicted molar refractivity (Wildman–Crippen MR) is 124 cm³/mol. The van der Waals surface area contributed by atoms with Gasteiger partial charge in [0.05, 0.1) is 6.04 Å². The van der Waals surface area contributed by atoms with Crippen molar-refractivity contribution in [3.8, 4) is 0 Å². The van der Waals surface area contributed by atoms with Crippen molar-refractivity contribution in [2.75, 3.05) is 4.90 Å². The summed E-state index contributed by atoms with van der Waals surface area (Å²) >= 11 is 6.56. The minimum atomic E-state index is -0.180. The number of halogens is 1. The van der Waals surface area contributed by atoms with Crippen molar-refractivity contribution in [1.29, 1.82) is 0 Å². The number of H-pyrrole nitrogens is 1. The van der Waals surface area contributed by atoms with Gasteiger partial charge in [-0.25, -0.2) is 0 Å². The van der Waals surface area contributed by atoms with Gasteiger partial charge in [-0.2, -0.15) is 0 Å². The van der Waals surface area contributed by atoms with E-state index in [2.05, 4.69) is 30.1 Å². The number of fused-ring (bicyclic) bond motifs is 2. The predicted octanol–water partition coefficient (Wildman–Crippen LogP) is 6.39. The molecule has 1 atom stereocenters. The zero-order valence-electron chi connectivity index (χ0n) is 16.6. The van der Waals surface area contributed by atoms with Gasteiger partial charge in [0.15, 0.2) is 0 Å². The number of hydrogen-bond donors (Lipinski definition) is 1. The smallest absolute Gasteiger partial charge is 0.270 e. The van der Waals surface area contributed by atoms with E-state index in [1.807, 2.05) is 65.6 Å². The van der Waals surface area contributed by atoms with E-state index in [0.717, 1.165) is 45.4 Å². The highest BCUT2D eigenvalue weighted by atomic mass is 35.5. The number of nitrogens with zero attached hydrogens (tertiary/aromatic N) is 1. The number of nitrogens with one attached hydrogen (secondary N) is 1. The van der Waals surface area contributed by atoms with E-state index in [4.69, 9.17) is 11.6 Å². The standard InChI is InChI=1S/C26H21ClN2O/c1-17-25(20-12-6-7-13-22(20)28-17)24-16-19-11-5-8-14-23(19)29(24)26(30)21(27)15-18-9-3-2-4-10-18/h2-15,24,28H,16H2,1H3. The monoisotopic (exact) mass is 412 g/mol. The SMILES string of the molecule is Cc1[nH]c2ccccc2c1C1Cc2ccccc2N1C(=O)C(Cl)=Cc1ccccc1. The molecule has 1 aliphatic heterocycles. The molecule has 148 valence electrons. The molecule has 0 aliphatic carbocycles. The van der Waals surface area contributed by atoms with Gasteiger partial charge in [0.1, 0.15) is 5.03 Å². The Kier molecular flexibility index (Phi) is 4.68. The second-order valence-corrected chi connectivity index (χ2v) is 8.04. The van der Waals surface area contributed by atoms with Gasteiger partial charge in [-0.3, -0.25) is 9.69 Å². The number of amides is 1. The quantitative estimate of drug-likeness (QED) is 0.389. The molecule has 5 rings (SSSR count). The van der Waals surface area contributed by atoms with Crippen LogP contribution in [0.2, 0.25) is 0 Å². The van der Waals surface area contributed by atoms with Crippen molar-refractivity contribution < 1.29 is 4.79 Å². The summed E-state index contributed by atoms with van der Waals surface area (Å²) in [7, 11) is 0. The topological polar surface area (TPSA) is 36.1 Å². The van der Waals surface area contributed by atoms with Gasteiger partial charge >= 0.3 is 0 Å². The second-order valence-electron chi connectivity index (χ2n) is 7.64. The van der Waals surface area contributed by atoms with Gasteiger partial charge in [0, 0.05) is 27.8 Å². The van der Waals surface area contributed by atoms with Gasteiger partial charge < -0.3 is 4.98 Å². The fourth-order valence-corrected chi connectivity index (χ4v) is 4.69. The molecule has 1 unspecified atom stereocenters. The minimum Gasteiger partial charge on any atom is -0.358 e. The molecular weight excluding hydrogens is 392 g/mol. The maximum Gasteiger partial charge on any atom is 0.270 e. The van der Waals surface area contributed by atoms with Crippen LogP contribution >= 0.6 is 11.6 Å². The van der Waals surface area contributed by atoms with Crippen LogP contribution in [0.4, 0.5) is 5.69 Å². The molecule has 0 fully saturated rings. The van der Waals surface area contributed by atoms with Crippen molar-refractivity contribution in [2.45, 2.75) is 19.4 Å². The Labute approximate surface area is 180 Å². The Morgan fingerprint density at radius 3 is 2.53 bits per heavy atom. The number of anilines is 1. The molecule has 0 saturated heterocycles. The van der Waals surface area contributed by atoms with Crippen molar-refractivity contribution in [2.24, 2.45) is 0 Å². The first-order valence-corrected chi connectivity index (χ1v) is 10.4. The van der Waals surface area contributed by atoms with Crippen LogP contribution in [0, 0.1) is 6.92 Å². The molecular formula is C26H21ClN2O. The fraction of sp³-hybridized carbons (Fsp3) is 0.115. The summed E-state index contributed by atoms with van der Waals surface area (Å²) in [5, 5.41) is 1.36. The van der Waals surface area contributed by atoms with E-state index in [-0.39, 0.29) is 17.0 Å². The summed E-state index contributed by atoms with van der Waals surface area (Å²) in [5.74, 6) is -0.180. The first kappa shape index (κ1) is 18.7. The summed E-state index contributed by atoms with van der Waals surface area (Å²) in [6, 6.07) is 25.9.